The van der Waals surface area contributed by atoms with Crippen molar-refractivity contribution < 1.29 is 4.79 Å². The zero-order valence-electron chi connectivity index (χ0n) is 9.89. The smallest absolute Gasteiger partial charge is 0.222 e. The largest absolute Gasteiger partial charge is 0.342 e. The number of likely N-dealkylation sites (tertiary alicyclic amines) is 1. The van der Waals surface area contributed by atoms with Crippen LogP contribution in [0.2, 0.25) is 0 Å². The van der Waals surface area contributed by atoms with E-state index in [-0.39, 0.29) is 5.41 Å². The lowest BCUT2D eigenvalue weighted by molar-refractivity contribution is -0.133. The van der Waals surface area contributed by atoms with Gasteiger partial charge in [-0.2, -0.15) is 0 Å². The van der Waals surface area contributed by atoms with Gasteiger partial charge in [0, 0.05) is 24.8 Å². The second kappa shape index (κ2) is 5.88. The Morgan fingerprint density at radius 2 is 1.93 bits per heavy atom. The van der Waals surface area contributed by atoms with Crippen LogP contribution < -0.4 is 0 Å². The van der Waals surface area contributed by atoms with E-state index in [1.54, 1.807) is 0 Å². The first kappa shape index (κ1) is 13.0. The molecule has 1 fully saturated rings. The molecular weight excluding hydrogens is 254 g/mol. The molecule has 0 aromatic carbocycles. The SMILES string of the molecule is CC(C)(CBr)CN1CCCCCCC1=O. The minimum absolute atomic E-state index is 0.189. The Balaban J connectivity index is 2.52. The molecule has 0 saturated carbocycles. The molecule has 1 aliphatic heterocycles. The zero-order valence-corrected chi connectivity index (χ0v) is 11.5. The van der Waals surface area contributed by atoms with Crippen molar-refractivity contribution in [2.75, 3.05) is 18.4 Å². The average Bonchev–Trinajstić information content (AvgIpc) is 2.18. The quantitative estimate of drug-likeness (QED) is 0.725. The molecular formula is C12H22BrNO. The van der Waals surface area contributed by atoms with E-state index in [0.29, 0.717) is 5.91 Å². The van der Waals surface area contributed by atoms with Crippen molar-refractivity contribution in [1.29, 1.82) is 0 Å². The third kappa shape index (κ3) is 4.54. The van der Waals surface area contributed by atoms with E-state index in [2.05, 4.69) is 34.7 Å². The van der Waals surface area contributed by atoms with Crippen LogP contribution in [-0.4, -0.2) is 29.2 Å². The summed E-state index contributed by atoms with van der Waals surface area (Å²) in [7, 11) is 0. The number of carbonyl (C=O) groups is 1. The van der Waals surface area contributed by atoms with Crippen LogP contribution in [0.15, 0.2) is 0 Å². The fourth-order valence-corrected chi connectivity index (χ4v) is 2.12. The minimum Gasteiger partial charge on any atom is -0.342 e. The summed E-state index contributed by atoms with van der Waals surface area (Å²) in [5, 5.41) is 0.948. The number of halogens is 1. The van der Waals surface area contributed by atoms with Gasteiger partial charge in [-0.25, -0.2) is 0 Å². The lowest BCUT2D eigenvalue weighted by atomic mass is 9.95. The number of hydrogen-bond acceptors (Lipinski definition) is 1. The van der Waals surface area contributed by atoms with Gasteiger partial charge in [-0.15, -0.1) is 0 Å². The molecule has 3 heteroatoms. The molecule has 0 unspecified atom stereocenters. The van der Waals surface area contributed by atoms with E-state index < -0.39 is 0 Å². The molecule has 0 aromatic rings. The van der Waals surface area contributed by atoms with Crippen LogP contribution in [0.5, 0.6) is 0 Å². The monoisotopic (exact) mass is 275 g/mol. The molecule has 0 bridgehead atoms. The zero-order chi connectivity index (χ0) is 11.3. The summed E-state index contributed by atoms with van der Waals surface area (Å²) < 4.78 is 0. The van der Waals surface area contributed by atoms with Gasteiger partial charge in [0.05, 0.1) is 0 Å². The van der Waals surface area contributed by atoms with Gasteiger partial charge >= 0.3 is 0 Å². The lowest BCUT2D eigenvalue weighted by Gasteiger charge is -2.32. The molecule has 1 heterocycles. The summed E-state index contributed by atoms with van der Waals surface area (Å²) in [6, 6.07) is 0. The van der Waals surface area contributed by atoms with Gasteiger partial charge < -0.3 is 4.90 Å². The standard InChI is InChI=1S/C12H22BrNO/c1-12(2,9-13)10-14-8-6-4-3-5-7-11(14)15/h3-10H2,1-2H3. The molecule has 1 aliphatic rings. The van der Waals surface area contributed by atoms with Gasteiger partial charge in [0.15, 0.2) is 0 Å². The highest BCUT2D eigenvalue weighted by atomic mass is 79.9. The fraction of sp³-hybridized carbons (Fsp3) is 0.917. The maximum absolute atomic E-state index is 11.9. The maximum Gasteiger partial charge on any atom is 0.222 e. The van der Waals surface area contributed by atoms with Gasteiger partial charge in [-0.3, -0.25) is 4.79 Å². The van der Waals surface area contributed by atoms with Crippen LogP contribution in [0.4, 0.5) is 0 Å². The van der Waals surface area contributed by atoms with Gasteiger partial charge in [0.2, 0.25) is 5.91 Å². The van der Waals surface area contributed by atoms with Crippen LogP contribution in [0.1, 0.15) is 46.0 Å². The molecule has 88 valence electrons. The normalized spacial score (nSPS) is 19.9. The molecule has 1 saturated heterocycles. The number of rotatable bonds is 3. The average molecular weight is 276 g/mol. The molecule has 0 radical (unpaired) electrons. The van der Waals surface area contributed by atoms with E-state index in [4.69, 9.17) is 0 Å². The summed E-state index contributed by atoms with van der Waals surface area (Å²) in [4.78, 5) is 13.9. The first-order valence-corrected chi connectivity index (χ1v) is 7.01. The maximum atomic E-state index is 11.9. The Morgan fingerprint density at radius 3 is 2.60 bits per heavy atom. The Hall–Kier alpha value is -0.0500. The second-order valence-corrected chi connectivity index (χ2v) is 5.84. The van der Waals surface area contributed by atoms with Crippen molar-refractivity contribution >= 4 is 21.8 Å². The van der Waals surface area contributed by atoms with Crippen molar-refractivity contribution in [3.05, 3.63) is 0 Å². The highest BCUT2D eigenvalue weighted by Gasteiger charge is 2.24. The van der Waals surface area contributed by atoms with Gasteiger partial charge in [-0.05, 0) is 18.3 Å². The summed E-state index contributed by atoms with van der Waals surface area (Å²) in [6.07, 6.45) is 5.49. The number of alkyl halides is 1. The molecule has 0 N–H and O–H groups in total. The van der Waals surface area contributed by atoms with Crippen molar-refractivity contribution in [3.63, 3.8) is 0 Å². The second-order valence-electron chi connectivity index (χ2n) is 5.28. The summed E-state index contributed by atoms with van der Waals surface area (Å²) in [5.74, 6) is 0.351. The molecule has 2 nitrogen and oxygen atoms in total. The Bertz CT molecular complexity index is 216. The van der Waals surface area contributed by atoms with E-state index in [1.807, 2.05) is 0 Å². The summed E-state index contributed by atoms with van der Waals surface area (Å²) in [5.41, 5.74) is 0.189. The first-order valence-electron chi connectivity index (χ1n) is 5.89. The third-order valence-corrected chi connectivity index (χ3v) is 4.42. The molecule has 0 spiro atoms. The minimum atomic E-state index is 0.189. The topological polar surface area (TPSA) is 20.3 Å². The summed E-state index contributed by atoms with van der Waals surface area (Å²) in [6.45, 7) is 6.24. The molecule has 0 aliphatic carbocycles. The van der Waals surface area contributed by atoms with Crippen molar-refractivity contribution in [2.45, 2.75) is 46.0 Å². The Kier molecular flexibility index (Phi) is 5.10. The Morgan fingerprint density at radius 1 is 1.27 bits per heavy atom. The lowest BCUT2D eigenvalue weighted by Crippen LogP contribution is -2.40. The van der Waals surface area contributed by atoms with Gasteiger partial charge in [0.25, 0.3) is 0 Å². The Labute approximate surface area is 102 Å². The van der Waals surface area contributed by atoms with E-state index in [1.165, 1.54) is 19.3 Å². The van der Waals surface area contributed by atoms with Crippen LogP contribution >= 0.6 is 15.9 Å². The highest BCUT2D eigenvalue weighted by Crippen LogP contribution is 2.22. The van der Waals surface area contributed by atoms with Crippen LogP contribution in [0, 0.1) is 5.41 Å². The number of nitrogens with zero attached hydrogens (tertiary/aromatic N) is 1. The molecule has 1 rings (SSSR count). The number of hydrogen-bond donors (Lipinski definition) is 0. The van der Waals surface area contributed by atoms with Crippen LogP contribution in [-0.2, 0) is 4.79 Å². The van der Waals surface area contributed by atoms with Crippen LogP contribution in [0.3, 0.4) is 0 Å². The van der Waals surface area contributed by atoms with Crippen molar-refractivity contribution in [2.24, 2.45) is 5.41 Å². The predicted octanol–water partition coefficient (Wildman–Crippen LogP) is 3.20. The molecule has 0 atom stereocenters. The number of carbonyl (C=O) groups excluding carboxylic acids is 1. The molecule has 15 heavy (non-hydrogen) atoms. The van der Waals surface area contributed by atoms with E-state index >= 15 is 0 Å². The molecule has 0 aromatic heterocycles. The highest BCUT2D eigenvalue weighted by molar-refractivity contribution is 9.09. The van der Waals surface area contributed by atoms with Crippen molar-refractivity contribution in [3.8, 4) is 0 Å². The van der Waals surface area contributed by atoms with Crippen LogP contribution in [0.25, 0.3) is 0 Å². The van der Waals surface area contributed by atoms with Crippen molar-refractivity contribution in [1.82, 2.24) is 4.90 Å². The fourth-order valence-electron chi connectivity index (χ4n) is 1.94. The van der Waals surface area contributed by atoms with Gasteiger partial charge in [0.1, 0.15) is 0 Å². The molecule has 1 amide bonds. The first-order chi connectivity index (χ1) is 7.05. The third-order valence-electron chi connectivity index (χ3n) is 2.90. The summed E-state index contributed by atoms with van der Waals surface area (Å²) >= 11 is 3.51. The number of amides is 1. The van der Waals surface area contributed by atoms with E-state index in [0.717, 1.165) is 31.3 Å². The van der Waals surface area contributed by atoms with E-state index in [9.17, 15) is 4.79 Å². The van der Waals surface area contributed by atoms with Gasteiger partial charge in [-0.1, -0.05) is 42.6 Å². The predicted molar refractivity (Wildman–Crippen MR) is 67.2 cm³/mol.